The van der Waals surface area contributed by atoms with Crippen LogP contribution in [-0.4, -0.2) is 234 Å². The lowest BCUT2D eigenvalue weighted by Gasteiger charge is -2.18. The van der Waals surface area contributed by atoms with Gasteiger partial charge >= 0.3 is 23.9 Å². The lowest BCUT2D eigenvalue weighted by Crippen LogP contribution is -2.33. The fraction of sp³-hybridized carbons (Fsp3) is 0.464. The molecule has 8 rings (SSSR count). The topological polar surface area (TPSA) is 435 Å². The van der Waals surface area contributed by atoms with Crippen LogP contribution in [0, 0.1) is 0 Å². The predicted octanol–water partition coefficient (Wildman–Crippen LogP) is 16.6. The molecular formula is C97H128Cl2N8O24. The van der Waals surface area contributed by atoms with Crippen LogP contribution in [0.15, 0.2) is 154 Å². The standard InChI is InChI=1S/C25H33ClN2O6.C24H31ClN2O6.2C24H32N2O6/c1-5-28(6-2)22(31)15-33-27-18-12-16(3)10-8-7-9-11-17(4)34-25(32)23-19(13-18)24(26)21(30)14-20(23)29;1-4-27(5-2)21(30)15-32-26-17-12-10-8-6-7-9-11-16(3)33-24(31)22-18(13-17)23(25)20(29)14-19(22)28;2*1-4-26(5-2)22(29)16-31-25-19-12-10-8-6-7-9-11-17(3)32-24(30)23-18(13-19)14-20(27)15-21(23)28/h7,9,12,14,17,29-30H,5-6,8,10-11,13,15H2,1-4H3;7,9-10,12,14,16,28-29H,4-6,8,11,13,15H2,1-3H3;2*7,9-10,12,14-15,17,27-28H,4-6,8,11,13,16H2,1-3H3/b9-7+,16-12+,27-18+;9-7+,12-10+,26-17-;9-7+,12-10+,25-19+;9-7+,12-10+,25-19-/t17-;16-;2*17-/m1111/s1. The monoisotopic (exact) mass is 1860 g/mol. The number of carbonyl (C=O) groups is 8. The zero-order chi connectivity index (χ0) is 96.7. The van der Waals surface area contributed by atoms with Gasteiger partial charge in [-0.2, -0.15) is 0 Å². The Balaban J connectivity index is 0.000000309. The molecule has 4 aromatic rings. The summed E-state index contributed by atoms with van der Waals surface area (Å²) in [6.07, 6.45) is 35.4. The van der Waals surface area contributed by atoms with Crippen molar-refractivity contribution in [2.24, 2.45) is 20.6 Å². The van der Waals surface area contributed by atoms with E-state index in [4.69, 9.17) is 61.5 Å². The van der Waals surface area contributed by atoms with Crippen LogP contribution in [0.2, 0.25) is 10.0 Å². The Hall–Kier alpha value is -12.6. The molecule has 0 radical (unpaired) electrons. The van der Waals surface area contributed by atoms with Crippen molar-refractivity contribution in [3.05, 3.63) is 188 Å². The van der Waals surface area contributed by atoms with Crippen LogP contribution in [0.4, 0.5) is 0 Å². The molecule has 34 heteroatoms. The summed E-state index contributed by atoms with van der Waals surface area (Å²) in [5.74, 6) is -6.42. The van der Waals surface area contributed by atoms with Gasteiger partial charge in [-0.05, 0) is 200 Å². The van der Waals surface area contributed by atoms with Crippen molar-refractivity contribution in [3.8, 4) is 46.0 Å². The first-order chi connectivity index (χ1) is 62.6. The number of oxime groups is 4. The first-order valence-corrected chi connectivity index (χ1v) is 44.9. The first-order valence-electron chi connectivity index (χ1n) is 44.2. The molecular weight excluding hydrogens is 1730 g/mol. The summed E-state index contributed by atoms with van der Waals surface area (Å²) in [6, 6.07) is 6.98. The summed E-state index contributed by atoms with van der Waals surface area (Å²) in [5, 5.41) is 98.0. The zero-order valence-corrected chi connectivity index (χ0v) is 78.7. The number of fused-ring (bicyclic) bond motifs is 4. The number of phenols is 8. The van der Waals surface area contributed by atoms with Crippen LogP contribution in [0.3, 0.4) is 0 Å². The number of ether oxygens (including phenoxy) is 4. The van der Waals surface area contributed by atoms with E-state index in [1.165, 1.54) is 12.1 Å². The van der Waals surface area contributed by atoms with Crippen molar-refractivity contribution in [1.82, 2.24) is 19.6 Å². The Kier molecular flexibility index (Phi) is 48.4. The van der Waals surface area contributed by atoms with Gasteiger partial charge in [0.1, 0.15) is 92.7 Å². The lowest BCUT2D eigenvalue weighted by atomic mass is 9.98. The van der Waals surface area contributed by atoms with Gasteiger partial charge in [0.2, 0.25) is 0 Å². The molecule has 4 aromatic carbocycles. The first kappa shape index (κ1) is 109. The van der Waals surface area contributed by atoms with E-state index in [0.29, 0.717) is 112 Å². The highest BCUT2D eigenvalue weighted by Gasteiger charge is 2.31. The number of cyclic esters (lactones) is 4. The third-order valence-electron chi connectivity index (χ3n) is 20.6. The minimum Gasteiger partial charge on any atom is -0.508 e. The Morgan fingerprint density at radius 1 is 0.351 bits per heavy atom. The zero-order valence-electron chi connectivity index (χ0n) is 77.2. The SMILES string of the molecule is CCN(CC)C(=O)CO/N=C1/C=C/CC/C=C/C[C@@H](C)OC(=O)c2c(O)cc(O)c(Cl)c2C1.CCN(CC)C(=O)CO/N=C1/C=C/CC/C=C/C[C@@H](C)OC(=O)c2c(O)cc(O)cc2C1.CCN(CC)C(=O)CO/N=C1\C=C(/C)CC/C=C/C[C@@H](C)OC(=O)c2c(O)cc(O)c(Cl)c2C1.CCN(CC)C(=O)CO/N=C1\C=C\CC/C=C/C[C@@H](C)OC(=O)c2c(O)cc(O)cc2C1. The van der Waals surface area contributed by atoms with Crippen LogP contribution in [-0.2, 0) is 83.2 Å². The summed E-state index contributed by atoms with van der Waals surface area (Å²) in [6.45, 7) is 27.7. The summed E-state index contributed by atoms with van der Waals surface area (Å²) in [5.41, 5.74) is 3.24. The highest BCUT2D eigenvalue weighted by atomic mass is 35.5. The second kappa shape index (κ2) is 58.2. The number of likely N-dealkylation sites (N-methyl/N-ethyl adjacent to an activating group) is 4. The third kappa shape index (κ3) is 37.1. The molecule has 0 spiro atoms. The van der Waals surface area contributed by atoms with E-state index in [1.54, 1.807) is 71.6 Å². The largest absolute Gasteiger partial charge is 0.508 e. The van der Waals surface area contributed by atoms with Gasteiger partial charge in [0.05, 0.1) is 32.9 Å². The summed E-state index contributed by atoms with van der Waals surface area (Å²) < 4.78 is 21.9. The number of rotatable bonds is 20. The molecule has 0 saturated carbocycles. The van der Waals surface area contributed by atoms with E-state index in [1.807, 2.05) is 129 Å². The van der Waals surface area contributed by atoms with E-state index < -0.39 is 47.6 Å². The Bertz CT molecular complexity index is 4750. The van der Waals surface area contributed by atoms with E-state index >= 15 is 0 Å². The number of benzene rings is 4. The maximum absolute atomic E-state index is 12.9. The van der Waals surface area contributed by atoms with Gasteiger partial charge in [-0.25, -0.2) is 19.2 Å². The van der Waals surface area contributed by atoms with Crippen LogP contribution in [0.5, 0.6) is 46.0 Å². The molecule has 0 bridgehead atoms. The Morgan fingerprint density at radius 3 is 0.916 bits per heavy atom. The molecule has 714 valence electrons. The van der Waals surface area contributed by atoms with Gasteiger partial charge in [0, 0.05) is 128 Å². The minimum atomic E-state index is -0.761. The fourth-order valence-corrected chi connectivity index (χ4v) is 13.9. The predicted molar refractivity (Wildman–Crippen MR) is 502 cm³/mol. The fourth-order valence-electron chi connectivity index (χ4n) is 13.5. The molecule has 131 heavy (non-hydrogen) atoms. The summed E-state index contributed by atoms with van der Waals surface area (Å²) in [4.78, 5) is 128. The third-order valence-corrected chi connectivity index (χ3v) is 21.4. The van der Waals surface area contributed by atoms with Crippen molar-refractivity contribution in [2.45, 2.75) is 217 Å². The number of aromatic hydroxyl groups is 8. The van der Waals surface area contributed by atoms with E-state index in [9.17, 15) is 79.2 Å². The highest BCUT2D eigenvalue weighted by molar-refractivity contribution is 6.34. The lowest BCUT2D eigenvalue weighted by molar-refractivity contribution is -0.136. The van der Waals surface area contributed by atoms with Crippen molar-refractivity contribution in [3.63, 3.8) is 0 Å². The summed E-state index contributed by atoms with van der Waals surface area (Å²) in [7, 11) is 0. The second-order valence-corrected chi connectivity index (χ2v) is 31.5. The molecule has 4 aliphatic rings. The Labute approximate surface area is 776 Å². The van der Waals surface area contributed by atoms with Gasteiger partial charge in [-0.3, -0.25) is 19.2 Å². The molecule has 4 heterocycles. The number of phenolic OH excluding ortho intramolecular Hbond substituents is 8. The smallest absolute Gasteiger partial charge is 0.342 e. The number of nitrogens with zero attached hydrogens (tertiary/aromatic N) is 8. The van der Waals surface area contributed by atoms with Gasteiger partial charge in [0.25, 0.3) is 23.6 Å². The average molecular weight is 1860 g/mol. The van der Waals surface area contributed by atoms with Crippen molar-refractivity contribution >= 4 is 93.6 Å². The van der Waals surface area contributed by atoms with E-state index in [-0.39, 0.29) is 166 Å². The van der Waals surface area contributed by atoms with E-state index in [2.05, 4.69) is 20.6 Å². The maximum Gasteiger partial charge on any atom is 0.342 e. The number of esters is 4. The molecule has 0 saturated heterocycles. The van der Waals surface area contributed by atoms with Gasteiger partial charge in [-0.1, -0.05) is 116 Å². The minimum absolute atomic E-state index is 0.0315. The van der Waals surface area contributed by atoms with E-state index in [0.717, 1.165) is 81.2 Å². The van der Waals surface area contributed by atoms with Crippen molar-refractivity contribution < 1.29 is 118 Å². The number of hydrogen-bond donors (Lipinski definition) is 8. The van der Waals surface area contributed by atoms with Crippen molar-refractivity contribution in [2.75, 3.05) is 78.8 Å². The van der Waals surface area contributed by atoms with Crippen molar-refractivity contribution in [1.29, 1.82) is 0 Å². The highest BCUT2D eigenvalue weighted by Crippen LogP contribution is 2.40. The molecule has 8 N–H and O–H groups in total. The summed E-state index contributed by atoms with van der Waals surface area (Å²) >= 11 is 12.6. The van der Waals surface area contributed by atoms with Gasteiger partial charge in [-0.15, -0.1) is 0 Å². The molecule has 0 unspecified atom stereocenters. The van der Waals surface area contributed by atoms with Crippen LogP contribution < -0.4 is 0 Å². The Morgan fingerprint density at radius 2 is 0.611 bits per heavy atom. The molecule has 0 aromatic heterocycles. The number of hydrogen-bond acceptors (Lipinski definition) is 28. The number of carbonyl (C=O) groups excluding carboxylic acids is 8. The second-order valence-electron chi connectivity index (χ2n) is 30.7. The van der Waals surface area contributed by atoms with Crippen LogP contribution >= 0.6 is 23.2 Å². The van der Waals surface area contributed by atoms with Crippen LogP contribution in [0.1, 0.15) is 231 Å². The molecule has 4 amide bonds. The number of amides is 4. The van der Waals surface area contributed by atoms with Gasteiger partial charge < -0.3 is 98.7 Å². The molecule has 0 fully saturated rings. The van der Waals surface area contributed by atoms with Crippen LogP contribution in [0.25, 0.3) is 0 Å². The number of halogens is 2. The molecule has 0 aliphatic carbocycles. The molecule has 32 nitrogen and oxygen atoms in total. The normalized spacial score (nSPS) is 20.6. The molecule has 4 atom stereocenters. The maximum atomic E-state index is 12.9. The van der Waals surface area contributed by atoms with Gasteiger partial charge in [0.15, 0.2) is 26.4 Å². The quantitative estimate of drug-likeness (QED) is 0.0176. The molecule has 4 aliphatic heterocycles. The number of allylic oxidation sites excluding steroid dienone is 12. The average Bonchev–Trinajstić information content (AvgIpc) is 0.797.